The Labute approximate surface area is 127 Å². The van der Waals surface area contributed by atoms with Crippen molar-refractivity contribution in [3.8, 4) is 11.4 Å². The quantitative estimate of drug-likeness (QED) is 0.799. The van der Waals surface area contributed by atoms with Crippen LogP contribution in [0.3, 0.4) is 0 Å². The summed E-state index contributed by atoms with van der Waals surface area (Å²) in [5.41, 5.74) is 3.13. The minimum absolute atomic E-state index is 0.253. The number of tetrazole rings is 1. The van der Waals surface area contributed by atoms with Crippen LogP contribution in [0, 0.1) is 6.92 Å². The van der Waals surface area contributed by atoms with Gasteiger partial charge in [-0.2, -0.15) is 0 Å². The van der Waals surface area contributed by atoms with Crippen LogP contribution in [0.5, 0.6) is 0 Å². The Morgan fingerprint density at radius 2 is 2.00 bits per heavy atom. The van der Waals surface area contributed by atoms with Crippen LogP contribution in [0.2, 0.25) is 0 Å². The van der Waals surface area contributed by atoms with E-state index in [2.05, 4.69) is 15.5 Å². The van der Waals surface area contributed by atoms with Crippen LogP contribution in [0.15, 0.2) is 48.5 Å². The Balaban J connectivity index is 1.95. The maximum absolute atomic E-state index is 11.0. The molecule has 0 saturated carbocycles. The number of aromatic carboxylic acids is 1. The van der Waals surface area contributed by atoms with Crippen LogP contribution in [-0.4, -0.2) is 31.3 Å². The van der Waals surface area contributed by atoms with E-state index >= 15 is 0 Å². The molecule has 6 heteroatoms. The van der Waals surface area contributed by atoms with Gasteiger partial charge in [-0.25, -0.2) is 9.48 Å². The summed E-state index contributed by atoms with van der Waals surface area (Å²) in [5.74, 6) is -0.281. The summed E-state index contributed by atoms with van der Waals surface area (Å²) in [6.07, 6.45) is 0. The van der Waals surface area contributed by atoms with Crippen molar-refractivity contribution in [2.45, 2.75) is 13.5 Å². The van der Waals surface area contributed by atoms with Crippen LogP contribution in [0.1, 0.15) is 21.5 Å². The smallest absolute Gasteiger partial charge is 0.335 e. The molecule has 1 aromatic heterocycles. The van der Waals surface area contributed by atoms with Crippen LogP contribution in [0.25, 0.3) is 11.4 Å². The zero-order valence-electron chi connectivity index (χ0n) is 12.0. The zero-order valence-corrected chi connectivity index (χ0v) is 12.0. The fraction of sp³-hybridized carbons (Fsp3) is 0.125. The zero-order chi connectivity index (χ0) is 15.5. The number of carbonyl (C=O) groups is 1. The number of nitrogens with zero attached hydrogens (tertiary/aromatic N) is 4. The highest BCUT2D eigenvalue weighted by atomic mass is 16.4. The van der Waals surface area contributed by atoms with E-state index < -0.39 is 5.97 Å². The topological polar surface area (TPSA) is 80.9 Å². The highest BCUT2D eigenvalue weighted by Gasteiger charge is 2.12. The number of aryl methyl sites for hydroxylation is 1. The van der Waals surface area contributed by atoms with E-state index in [1.165, 1.54) is 0 Å². The molecule has 2 aromatic carbocycles. The van der Waals surface area contributed by atoms with Gasteiger partial charge >= 0.3 is 5.97 Å². The van der Waals surface area contributed by atoms with Gasteiger partial charge in [0, 0.05) is 5.56 Å². The first-order valence-corrected chi connectivity index (χ1v) is 6.79. The van der Waals surface area contributed by atoms with Crippen molar-refractivity contribution in [2.24, 2.45) is 0 Å². The predicted octanol–water partition coefficient (Wildman–Crippen LogP) is 2.40. The van der Waals surface area contributed by atoms with Gasteiger partial charge in [0.05, 0.1) is 12.1 Å². The van der Waals surface area contributed by atoms with Gasteiger partial charge in [-0.15, -0.1) is 5.10 Å². The van der Waals surface area contributed by atoms with Crippen molar-refractivity contribution >= 4 is 5.97 Å². The second kappa shape index (κ2) is 5.77. The molecule has 0 spiro atoms. The molecule has 0 saturated heterocycles. The van der Waals surface area contributed by atoms with Gasteiger partial charge in [0.2, 0.25) is 0 Å². The van der Waals surface area contributed by atoms with Gasteiger partial charge in [0.25, 0.3) is 0 Å². The van der Waals surface area contributed by atoms with Gasteiger partial charge in [0.15, 0.2) is 5.82 Å². The number of aromatic nitrogens is 4. The second-order valence-corrected chi connectivity index (χ2v) is 4.98. The second-order valence-electron chi connectivity index (χ2n) is 4.98. The number of rotatable bonds is 4. The molecule has 1 heterocycles. The van der Waals surface area contributed by atoms with Gasteiger partial charge < -0.3 is 5.11 Å². The van der Waals surface area contributed by atoms with Gasteiger partial charge in [-0.1, -0.05) is 36.4 Å². The highest BCUT2D eigenvalue weighted by molar-refractivity contribution is 5.87. The minimum atomic E-state index is -0.947. The minimum Gasteiger partial charge on any atom is -0.478 e. The molecule has 22 heavy (non-hydrogen) atoms. The fourth-order valence-electron chi connectivity index (χ4n) is 2.30. The van der Waals surface area contributed by atoms with E-state index in [9.17, 15) is 4.79 Å². The van der Waals surface area contributed by atoms with Crippen LogP contribution >= 0.6 is 0 Å². The fourth-order valence-corrected chi connectivity index (χ4v) is 2.30. The maximum atomic E-state index is 11.0. The first-order chi connectivity index (χ1) is 10.6. The largest absolute Gasteiger partial charge is 0.478 e. The lowest BCUT2D eigenvalue weighted by Crippen LogP contribution is -2.06. The third-order valence-corrected chi connectivity index (χ3v) is 3.42. The molecule has 0 radical (unpaired) electrons. The summed E-state index contributed by atoms with van der Waals surface area (Å²) in [6.45, 7) is 2.41. The van der Waals surface area contributed by atoms with Crippen molar-refractivity contribution in [3.63, 3.8) is 0 Å². The highest BCUT2D eigenvalue weighted by Crippen LogP contribution is 2.20. The lowest BCUT2D eigenvalue weighted by molar-refractivity contribution is 0.0696. The summed E-state index contributed by atoms with van der Waals surface area (Å²) >= 11 is 0. The van der Waals surface area contributed by atoms with Gasteiger partial charge in [-0.3, -0.25) is 0 Å². The molecule has 0 aliphatic carbocycles. The summed E-state index contributed by atoms with van der Waals surface area (Å²) in [7, 11) is 0. The van der Waals surface area contributed by atoms with Crippen molar-refractivity contribution in [1.29, 1.82) is 0 Å². The molecule has 0 aliphatic rings. The Hall–Kier alpha value is -3.02. The van der Waals surface area contributed by atoms with E-state index in [1.54, 1.807) is 22.9 Å². The SMILES string of the molecule is Cc1ccccc1-c1nnnn1Cc1cccc(C(=O)O)c1. The van der Waals surface area contributed by atoms with E-state index in [-0.39, 0.29) is 5.56 Å². The van der Waals surface area contributed by atoms with Crippen molar-refractivity contribution in [1.82, 2.24) is 20.2 Å². The predicted molar refractivity (Wildman–Crippen MR) is 80.5 cm³/mol. The summed E-state index contributed by atoms with van der Waals surface area (Å²) in [5, 5.41) is 20.9. The molecule has 0 bridgehead atoms. The average Bonchev–Trinajstić information content (AvgIpc) is 2.96. The summed E-state index contributed by atoms with van der Waals surface area (Å²) < 4.78 is 1.67. The van der Waals surface area contributed by atoms with Crippen LogP contribution in [-0.2, 0) is 6.54 Å². The molecule has 110 valence electrons. The lowest BCUT2D eigenvalue weighted by atomic mass is 10.1. The lowest BCUT2D eigenvalue weighted by Gasteiger charge is -2.07. The van der Waals surface area contributed by atoms with Crippen molar-refractivity contribution < 1.29 is 9.90 Å². The van der Waals surface area contributed by atoms with E-state index in [0.29, 0.717) is 12.4 Å². The molecule has 0 aliphatic heterocycles. The van der Waals surface area contributed by atoms with Crippen LogP contribution < -0.4 is 0 Å². The van der Waals surface area contributed by atoms with Gasteiger partial charge in [-0.05, 0) is 40.6 Å². The third-order valence-electron chi connectivity index (χ3n) is 3.42. The Bertz CT molecular complexity index is 826. The van der Waals surface area contributed by atoms with E-state index in [1.807, 2.05) is 37.3 Å². The third kappa shape index (κ3) is 2.71. The molecule has 3 rings (SSSR count). The molecule has 0 fully saturated rings. The summed E-state index contributed by atoms with van der Waals surface area (Å²) in [6, 6.07) is 14.6. The number of hydrogen-bond acceptors (Lipinski definition) is 4. The molecular formula is C16H14N4O2. The standard InChI is InChI=1S/C16H14N4O2/c1-11-5-2-3-8-14(11)15-17-18-19-20(15)10-12-6-4-7-13(9-12)16(21)22/h2-9H,10H2,1H3,(H,21,22). The molecule has 1 N–H and O–H groups in total. The Morgan fingerprint density at radius 1 is 1.18 bits per heavy atom. The van der Waals surface area contributed by atoms with Crippen molar-refractivity contribution in [2.75, 3.05) is 0 Å². The first-order valence-electron chi connectivity index (χ1n) is 6.79. The van der Waals surface area contributed by atoms with Gasteiger partial charge in [0.1, 0.15) is 0 Å². The van der Waals surface area contributed by atoms with E-state index in [4.69, 9.17) is 5.11 Å². The first kappa shape index (κ1) is 13.9. The normalized spacial score (nSPS) is 10.6. The van der Waals surface area contributed by atoms with Crippen LogP contribution in [0.4, 0.5) is 0 Å². The number of hydrogen-bond donors (Lipinski definition) is 1. The van der Waals surface area contributed by atoms with Crippen molar-refractivity contribution in [3.05, 3.63) is 65.2 Å². The molecule has 6 nitrogen and oxygen atoms in total. The van der Waals surface area contributed by atoms with E-state index in [0.717, 1.165) is 16.7 Å². The molecule has 0 amide bonds. The number of benzene rings is 2. The maximum Gasteiger partial charge on any atom is 0.335 e. The molecular weight excluding hydrogens is 280 g/mol. The monoisotopic (exact) mass is 294 g/mol. The molecule has 3 aromatic rings. The Kier molecular flexibility index (Phi) is 3.65. The number of carboxylic acid groups (broad SMARTS) is 1. The Morgan fingerprint density at radius 3 is 2.77 bits per heavy atom. The average molecular weight is 294 g/mol. The molecule has 0 unspecified atom stereocenters. The number of carboxylic acids is 1. The molecule has 0 atom stereocenters. The summed E-state index contributed by atoms with van der Waals surface area (Å²) in [4.78, 5) is 11.0.